The topological polar surface area (TPSA) is 159 Å². The van der Waals surface area contributed by atoms with E-state index in [-0.39, 0.29) is 44.2 Å². The van der Waals surface area contributed by atoms with E-state index in [1.807, 2.05) is 75.2 Å². The van der Waals surface area contributed by atoms with Gasteiger partial charge in [0.25, 0.3) is 0 Å². The minimum absolute atomic E-state index is 0.0804. The molecule has 3 aromatic carbocycles. The maximum Gasteiger partial charge on any atom is 0.247 e. The molecular weight excluding hydrogens is 896 g/mol. The Labute approximate surface area is 404 Å². The summed E-state index contributed by atoms with van der Waals surface area (Å²) in [6, 6.07) is 15.7. The van der Waals surface area contributed by atoms with Gasteiger partial charge in [0, 0.05) is 80.4 Å². The van der Waals surface area contributed by atoms with Gasteiger partial charge in [-0.2, -0.15) is 0 Å². The van der Waals surface area contributed by atoms with Crippen LogP contribution in [-0.2, 0) is 55.3 Å². The minimum atomic E-state index is -1.19. The zero-order valence-electron chi connectivity index (χ0n) is 39.9. The molecule has 0 radical (unpaired) electrons. The highest BCUT2D eigenvalue weighted by atomic mass is 35.5. The summed E-state index contributed by atoms with van der Waals surface area (Å²) in [4.78, 5) is 82.6. The molecule has 0 bridgehead atoms. The van der Waals surface area contributed by atoms with Crippen molar-refractivity contribution in [1.82, 2.24) is 39.8 Å². The smallest absolute Gasteiger partial charge is 0.247 e. The molecule has 15 nitrogen and oxygen atoms in total. The van der Waals surface area contributed by atoms with Crippen molar-refractivity contribution in [1.29, 1.82) is 0 Å². The summed E-state index contributed by atoms with van der Waals surface area (Å²) >= 11 is 12.7. The van der Waals surface area contributed by atoms with E-state index < -0.39 is 53.8 Å². The number of amides is 5. The quantitative estimate of drug-likeness (QED) is 0.143. The van der Waals surface area contributed by atoms with Crippen LogP contribution in [0.2, 0.25) is 10.0 Å². The van der Waals surface area contributed by atoms with E-state index >= 15 is 0 Å². The molecule has 2 N–H and O–H groups in total. The highest BCUT2D eigenvalue weighted by Gasteiger charge is 2.37. The maximum absolute atomic E-state index is 14.8. The molecule has 1 fully saturated rings. The van der Waals surface area contributed by atoms with Crippen LogP contribution in [-0.4, -0.2) is 131 Å². The number of aromatic nitrogens is 2. The standard InChI is InChI=1S/C50H64Cl2N8O7/c1-11-12-36-24-47(62)60(28-37-15-20-39(52)25-44(37)67-41-21-16-35(17-22-41)43-27-53-45(59(43)9)29-56(5)6)33(4)48(63)55-42(30-66-10)50(65)58(8)40(23-34-13-18-38(51)19-14-34)26-46(61)54-31(2)32(3)57(7)49(36)64/h11,13-22,25,27,31-33,36,40,42H,1,12,23-24,26,28-30H2,2-10H3,(H,54,61)(H,55,63)/t31-,32-,33-,36+,40-,42-/m0/s1. The predicted molar refractivity (Wildman–Crippen MR) is 260 cm³/mol. The molecule has 6 atom stereocenters. The Kier molecular flexibility index (Phi) is 18.6. The fraction of sp³-hybridized carbons (Fsp3) is 0.440. The lowest BCUT2D eigenvalue weighted by Gasteiger charge is -2.36. The van der Waals surface area contributed by atoms with Gasteiger partial charge in [-0.05, 0) is 102 Å². The Morgan fingerprint density at radius 2 is 1.54 bits per heavy atom. The third-order valence-electron chi connectivity index (χ3n) is 12.4. The van der Waals surface area contributed by atoms with E-state index in [1.54, 1.807) is 64.4 Å². The number of benzene rings is 3. The zero-order valence-corrected chi connectivity index (χ0v) is 41.4. The molecular formula is C50H64Cl2N8O7. The molecule has 2 heterocycles. The van der Waals surface area contributed by atoms with Gasteiger partial charge in [-0.15, -0.1) is 6.58 Å². The number of imidazole rings is 1. The molecule has 1 saturated heterocycles. The van der Waals surface area contributed by atoms with E-state index in [1.165, 1.54) is 21.8 Å². The van der Waals surface area contributed by atoms with Gasteiger partial charge in [-0.1, -0.05) is 47.5 Å². The number of nitrogens with one attached hydrogen (secondary N) is 2. The number of rotatable bonds is 13. The summed E-state index contributed by atoms with van der Waals surface area (Å²) in [5.74, 6) is -1.40. The number of nitrogens with zero attached hydrogens (tertiary/aromatic N) is 6. The summed E-state index contributed by atoms with van der Waals surface area (Å²) in [5.41, 5.74) is 3.23. The average molecular weight is 960 g/mol. The van der Waals surface area contributed by atoms with Gasteiger partial charge < -0.3 is 44.3 Å². The SMILES string of the molecule is C=CC[C@@H]1CC(=O)N(Cc2ccc(Cl)cc2Oc2ccc(-c3cnc(CN(C)C)n3C)cc2)[C@@H](C)C(=O)N[C@@H](COC)C(=O)N(C)[C@@H](Cc2ccc(Cl)cc2)CC(=O)N[C@@H](C)[C@H](C)N(C)C1=O. The number of methoxy groups -OCH3 is 1. The first-order valence-corrected chi connectivity index (χ1v) is 23.1. The molecule has 17 heteroatoms. The number of allylic oxidation sites excluding steroid dienone is 1. The normalized spacial score (nSPS) is 21.8. The van der Waals surface area contributed by atoms with Gasteiger partial charge in [0.15, 0.2) is 0 Å². The Bertz CT molecular complexity index is 2370. The molecule has 1 aliphatic heterocycles. The van der Waals surface area contributed by atoms with Crippen LogP contribution in [0, 0.1) is 5.92 Å². The third-order valence-corrected chi connectivity index (χ3v) is 12.9. The van der Waals surface area contributed by atoms with Crippen molar-refractivity contribution in [3.8, 4) is 22.8 Å². The number of ether oxygens (including phenoxy) is 2. The van der Waals surface area contributed by atoms with E-state index in [0.29, 0.717) is 40.1 Å². The molecule has 67 heavy (non-hydrogen) atoms. The molecule has 0 spiro atoms. The lowest BCUT2D eigenvalue weighted by Crippen LogP contribution is -2.58. The number of carbonyl (C=O) groups excluding carboxylic acids is 5. The summed E-state index contributed by atoms with van der Waals surface area (Å²) in [7, 11) is 10.6. The van der Waals surface area contributed by atoms with Crippen LogP contribution in [0.3, 0.4) is 0 Å². The van der Waals surface area contributed by atoms with Crippen molar-refractivity contribution in [2.45, 2.75) is 89.8 Å². The second kappa shape index (κ2) is 23.8. The maximum atomic E-state index is 14.8. The molecule has 0 unspecified atom stereocenters. The van der Waals surface area contributed by atoms with Gasteiger partial charge in [-0.25, -0.2) is 4.98 Å². The number of hydrogen-bond acceptors (Lipinski definition) is 9. The Morgan fingerprint density at radius 1 is 0.866 bits per heavy atom. The van der Waals surface area contributed by atoms with Crippen molar-refractivity contribution < 1.29 is 33.4 Å². The second-order valence-corrected chi connectivity index (χ2v) is 18.4. The number of carbonyl (C=O) groups is 5. The highest BCUT2D eigenvalue weighted by molar-refractivity contribution is 6.31. The van der Waals surface area contributed by atoms with E-state index in [2.05, 4.69) is 27.1 Å². The van der Waals surface area contributed by atoms with Crippen molar-refractivity contribution in [2.75, 3.05) is 41.9 Å². The monoisotopic (exact) mass is 958 g/mol. The zero-order chi connectivity index (χ0) is 49.1. The van der Waals surface area contributed by atoms with Gasteiger partial charge in [0.05, 0.1) is 37.5 Å². The number of halogens is 2. The van der Waals surface area contributed by atoms with Crippen molar-refractivity contribution in [3.63, 3.8) is 0 Å². The number of hydrogen-bond donors (Lipinski definition) is 2. The molecule has 360 valence electrons. The van der Waals surface area contributed by atoms with Gasteiger partial charge in [-0.3, -0.25) is 24.0 Å². The second-order valence-electron chi connectivity index (χ2n) is 17.6. The fourth-order valence-electron chi connectivity index (χ4n) is 8.06. The van der Waals surface area contributed by atoms with E-state index in [0.717, 1.165) is 22.6 Å². The van der Waals surface area contributed by atoms with Gasteiger partial charge >= 0.3 is 0 Å². The van der Waals surface area contributed by atoms with Gasteiger partial charge in [0.2, 0.25) is 29.5 Å². The van der Waals surface area contributed by atoms with Crippen molar-refractivity contribution >= 4 is 52.7 Å². The number of likely N-dealkylation sites (N-methyl/N-ethyl adjacent to an activating group) is 2. The Morgan fingerprint density at radius 3 is 2.18 bits per heavy atom. The molecule has 5 amide bonds. The van der Waals surface area contributed by atoms with Crippen LogP contribution in [0.4, 0.5) is 0 Å². The molecule has 1 aromatic heterocycles. The van der Waals surface area contributed by atoms with Crippen LogP contribution in [0.25, 0.3) is 11.3 Å². The van der Waals surface area contributed by atoms with Crippen LogP contribution >= 0.6 is 23.2 Å². The first kappa shape index (κ1) is 52.2. The summed E-state index contributed by atoms with van der Waals surface area (Å²) in [6.45, 7) is 9.42. The average Bonchev–Trinajstić information content (AvgIpc) is 3.65. The first-order chi connectivity index (χ1) is 31.8. The summed E-state index contributed by atoms with van der Waals surface area (Å²) in [5, 5.41) is 6.78. The molecule has 5 rings (SSSR count). The molecule has 4 aromatic rings. The highest BCUT2D eigenvalue weighted by Crippen LogP contribution is 2.32. The Balaban J connectivity index is 1.51. The van der Waals surface area contributed by atoms with E-state index in [9.17, 15) is 24.0 Å². The van der Waals surface area contributed by atoms with Gasteiger partial charge in [0.1, 0.15) is 29.4 Å². The molecule has 0 aliphatic carbocycles. The predicted octanol–water partition coefficient (Wildman–Crippen LogP) is 6.50. The summed E-state index contributed by atoms with van der Waals surface area (Å²) in [6.07, 6.45) is 3.52. The third kappa shape index (κ3) is 13.7. The molecule has 0 saturated carbocycles. The van der Waals surface area contributed by atoms with Crippen LogP contribution < -0.4 is 15.4 Å². The minimum Gasteiger partial charge on any atom is -0.457 e. The summed E-state index contributed by atoms with van der Waals surface area (Å²) < 4.78 is 13.9. The first-order valence-electron chi connectivity index (χ1n) is 22.3. The van der Waals surface area contributed by atoms with Crippen molar-refractivity contribution in [3.05, 3.63) is 113 Å². The lowest BCUT2D eigenvalue weighted by atomic mass is 9.96. The van der Waals surface area contributed by atoms with Crippen LogP contribution in [0.15, 0.2) is 85.6 Å². The lowest BCUT2D eigenvalue weighted by molar-refractivity contribution is -0.147. The fourth-order valence-corrected chi connectivity index (χ4v) is 8.35. The van der Waals surface area contributed by atoms with Crippen LogP contribution in [0.5, 0.6) is 11.5 Å². The van der Waals surface area contributed by atoms with E-state index in [4.69, 9.17) is 32.7 Å². The van der Waals surface area contributed by atoms with Crippen molar-refractivity contribution in [2.24, 2.45) is 13.0 Å². The Hall–Kier alpha value is -5.74. The van der Waals surface area contributed by atoms with Crippen LogP contribution in [0.1, 0.15) is 57.0 Å². The molecule has 1 aliphatic rings. The largest absolute Gasteiger partial charge is 0.457 e.